The van der Waals surface area contributed by atoms with E-state index in [0.29, 0.717) is 6.42 Å². The van der Waals surface area contributed by atoms with E-state index in [0.717, 1.165) is 75.7 Å². The van der Waals surface area contributed by atoms with Crippen LogP contribution >= 0.6 is 11.5 Å². The van der Waals surface area contributed by atoms with Gasteiger partial charge >= 0.3 is 0 Å². The van der Waals surface area contributed by atoms with Crippen molar-refractivity contribution in [3.8, 4) is 0 Å². The van der Waals surface area contributed by atoms with Gasteiger partial charge in [0, 0.05) is 12.1 Å². The minimum Gasteiger partial charge on any atom is -0.395 e. The van der Waals surface area contributed by atoms with E-state index >= 15 is 0 Å². The summed E-state index contributed by atoms with van der Waals surface area (Å²) in [6.45, 7) is 2.02. The predicted molar refractivity (Wildman–Crippen MR) is 117 cm³/mol. The van der Waals surface area contributed by atoms with Gasteiger partial charge in [0.15, 0.2) is 5.69 Å². The minimum atomic E-state index is -0.754. The van der Waals surface area contributed by atoms with Crippen molar-refractivity contribution in [2.24, 2.45) is 5.73 Å². The van der Waals surface area contributed by atoms with E-state index in [9.17, 15) is 14.4 Å². The highest BCUT2D eigenvalue weighted by molar-refractivity contribution is 7.09. The van der Waals surface area contributed by atoms with Crippen LogP contribution in [0.15, 0.2) is 0 Å². The standard InChI is InChI=1S/C21H33N5O3S/c1-2-8-15(20(28)24-13-9-6-7-10-13)26(14-11-4-3-5-12-14)21(29)18-16(22)17(19(23)27)25-30-18/h13-15H,2-12,22H2,1H3,(H2,23,27)(H,24,28). The highest BCUT2D eigenvalue weighted by Gasteiger charge is 2.38. The molecule has 0 aliphatic heterocycles. The third-order valence-electron chi connectivity index (χ3n) is 6.26. The minimum absolute atomic E-state index is 0.0179. The van der Waals surface area contributed by atoms with Crippen LogP contribution < -0.4 is 16.8 Å². The van der Waals surface area contributed by atoms with Crippen LogP contribution in [0.25, 0.3) is 0 Å². The molecule has 1 aromatic heterocycles. The Hall–Kier alpha value is -2.16. The summed E-state index contributed by atoms with van der Waals surface area (Å²) in [5.41, 5.74) is 11.3. The van der Waals surface area contributed by atoms with E-state index in [4.69, 9.17) is 11.5 Å². The molecule has 8 nitrogen and oxygen atoms in total. The molecule has 1 aromatic rings. The lowest BCUT2D eigenvalue weighted by Crippen LogP contribution is -2.55. The molecule has 2 fully saturated rings. The van der Waals surface area contributed by atoms with Crippen LogP contribution in [0.1, 0.15) is 97.7 Å². The quantitative estimate of drug-likeness (QED) is 0.578. The van der Waals surface area contributed by atoms with E-state index < -0.39 is 11.9 Å². The number of rotatable bonds is 8. The van der Waals surface area contributed by atoms with Crippen LogP contribution in [0.2, 0.25) is 0 Å². The topological polar surface area (TPSA) is 131 Å². The summed E-state index contributed by atoms with van der Waals surface area (Å²) in [6.07, 6.45) is 10.5. The number of nitrogens with two attached hydrogens (primary N) is 2. The second kappa shape index (κ2) is 10.2. The number of aromatic nitrogens is 1. The number of nitrogens with zero attached hydrogens (tertiary/aromatic N) is 2. The zero-order chi connectivity index (χ0) is 21.7. The summed E-state index contributed by atoms with van der Waals surface area (Å²) in [5.74, 6) is -1.15. The van der Waals surface area contributed by atoms with Gasteiger partial charge in [-0.15, -0.1) is 0 Å². The Morgan fingerprint density at radius 1 is 1.13 bits per heavy atom. The third kappa shape index (κ3) is 4.94. The molecular formula is C21H33N5O3S. The van der Waals surface area contributed by atoms with Gasteiger partial charge < -0.3 is 21.7 Å². The average Bonchev–Trinajstić information content (AvgIpc) is 3.37. The number of anilines is 1. The summed E-state index contributed by atoms with van der Waals surface area (Å²) in [4.78, 5) is 40.4. The molecule has 2 aliphatic rings. The first kappa shape index (κ1) is 22.5. The molecule has 2 aliphatic carbocycles. The van der Waals surface area contributed by atoms with Crippen LogP contribution in [-0.4, -0.2) is 45.1 Å². The Balaban J connectivity index is 1.91. The monoisotopic (exact) mass is 435 g/mol. The van der Waals surface area contributed by atoms with E-state index in [1.54, 1.807) is 4.90 Å². The number of nitrogen functional groups attached to an aromatic ring is 1. The summed E-state index contributed by atoms with van der Waals surface area (Å²) in [5, 5.41) is 3.18. The van der Waals surface area contributed by atoms with Crippen molar-refractivity contribution >= 4 is 34.9 Å². The Morgan fingerprint density at radius 3 is 2.33 bits per heavy atom. The van der Waals surface area contributed by atoms with Crippen LogP contribution in [0.5, 0.6) is 0 Å². The van der Waals surface area contributed by atoms with Gasteiger partial charge in [0.25, 0.3) is 11.8 Å². The molecule has 3 amide bonds. The van der Waals surface area contributed by atoms with Crippen LogP contribution in [0.4, 0.5) is 5.69 Å². The molecule has 1 heterocycles. The van der Waals surface area contributed by atoms with Crippen molar-refractivity contribution in [2.45, 2.75) is 95.7 Å². The van der Waals surface area contributed by atoms with Gasteiger partial charge in [-0.2, -0.15) is 4.37 Å². The third-order valence-corrected chi connectivity index (χ3v) is 7.11. The number of hydrogen-bond acceptors (Lipinski definition) is 6. The Morgan fingerprint density at radius 2 is 1.77 bits per heavy atom. The lowest BCUT2D eigenvalue weighted by atomic mass is 9.91. The molecule has 0 bridgehead atoms. The summed E-state index contributed by atoms with van der Waals surface area (Å²) in [6, 6.07) is -0.379. The van der Waals surface area contributed by atoms with Crippen molar-refractivity contribution in [3.05, 3.63) is 10.6 Å². The molecule has 1 atom stereocenters. The predicted octanol–water partition coefficient (Wildman–Crippen LogP) is 2.83. The SMILES string of the molecule is CCCC(C(=O)NC1CCCC1)N(C(=O)c1snc(C(N)=O)c1N)C1CCCCC1. The lowest BCUT2D eigenvalue weighted by Gasteiger charge is -2.39. The Labute approximate surface area is 181 Å². The van der Waals surface area contributed by atoms with E-state index in [2.05, 4.69) is 9.69 Å². The van der Waals surface area contributed by atoms with E-state index in [1.807, 2.05) is 6.92 Å². The fourth-order valence-electron chi connectivity index (χ4n) is 4.70. The second-order valence-electron chi connectivity index (χ2n) is 8.44. The van der Waals surface area contributed by atoms with Crippen molar-refractivity contribution in [1.82, 2.24) is 14.6 Å². The summed E-state index contributed by atoms with van der Waals surface area (Å²) >= 11 is 0.886. The fourth-order valence-corrected chi connectivity index (χ4v) is 5.45. The number of amides is 3. The zero-order valence-corrected chi connectivity index (χ0v) is 18.5. The maximum absolute atomic E-state index is 13.6. The number of primary amides is 1. The number of hydrogen-bond donors (Lipinski definition) is 3. The van der Waals surface area contributed by atoms with Gasteiger partial charge in [-0.1, -0.05) is 45.4 Å². The summed E-state index contributed by atoms with van der Waals surface area (Å²) in [7, 11) is 0. The maximum atomic E-state index is 13.6. The van der Waals surface area contributed by atoms with Gasteiger partial charge in [0.05, 0.1) is 5.69 Å². The van der Waals surface area contributed by atoms with Crippen LogP contribution in [0, 0.1) is 0 Å². The van der Waals surface area contributed by atoms with Gasteiger partial charge in [0.2, 0.25) is 5.91 Å². The maximum Gasteiger partial charge on any atom is 0.270 e. The molecule has 0 radical (unpaired) electrons. The largest absolute Gasteiger partial charge is 0.395 e. The molecule has 5 N–H and O–H groups in total. The van der Waals surface area contributed by atoms with E-state index in [-0.39, 0.29) is 40.2 Å². The number of carbonyl (C=O) groups is 3. The fraction of sp³-hybridized carbons (Fsp3) is 0.714. The van der Waals surface area contributed by atoms with Crippen molar-refractivity contribution in [3.63, 3.8) is 0 Å². The highest BCUT2D eigenvalue weighted by atomic mass is 32.1. The summed E-state index contributed by atoms with van der Waals surface area (Å²) < 4.78 is 3.99. The molecule has 3 rings (SSSR count). The number of carbonyl (C=O) groups excluding carboxylic acids is 3. The molecule has 166 valence electrons. The first-order valence-electron chi connectivity index (χ1n) is 11.1. The van der Waals surface area contributed by atoms with Crippen molar-refractivity contribution in [2.75, 3.05) is 5.73 Å². The lowest BCUT2D eigenvalue weighted by molar-refractivity contribution is -0.127. The Kier molecular flexibility index (Phi) is 7.69. The molecule has 30 heavy (non-hydrogen) atoms. The highest BCUT2D eigenvalue weighted by Crippen LogP contribution is 2.31. The smallest absolute Gasteiger partial charge is 0.270 e. The van der Waals surface area contributed by atoms with Gasteiger partial charge in [-0.3, -0.25) is 14.4 Å². The second-order valence-corrected chi connectivity index (χ2v) is 9.21. The van der Waals surface area contributed by atoms with Crippen LogP contribution in [0.3, 0.4) is 0 Å². The number of nitrogens with one attached hydrogen (secondary N) is 1. The van der Waals surface area contributed by atoms with E-state index in [1.165, 1.54) is 0 Å². The van der Waals surface area contributed by atoms with Crippen molar-refractivity contribution in [1.29, 1.82) is 0 Å². The zero-order valence-electron chi connectivity index (χ0n) is 17.7. The molecule has 0 aromatic carbocycles. The normalized spacial score (nSPS) is 18.8. The van der Waals surface area contributed by atoms with Crippen molar-refractivity contribution < 1.29 is 14.4 Å². The first-order chi connectivity index (χ1) is 14.4. The molecular weight excluding hydrogens is 402 g/mol. The van der Waals surface area contributed by atoms with Gasteiger partial charge in [-0.05, 0) is 43.6 Å². The van der Waals surface area contributed by atoms with Gasteiger partial charge in [-0.25, -0.2) is 0 Å². The average molecular weight is 436 g/mol. The Bertz CT molecular complexity index is 769. The molecule has 0 saturated heterocycles. The molecule has 1 unspecified atom stereocenters. The van der Waals surface area contributed by atoms with Gasteiger partial charge in [0.1, 0.15) is 10.9 Å². The molecule has 9 heteroatoms. The molecule has 0 spiro atoms. The van der Waals surface area contributed by atoms with Crippen LogP contribution in [-0.2, 0) is 4.79 Å². The molecule has 2 saturated carbocycles. The first-order valence-corrected chi connectivity index (χ1v) is 11.9.